The molecule has 5 nitrogen and oxygen atoms in total. The summed E-state index contributed by atoms with van der Waals surface area (Å²) in [6.07, 6.45) is 4.67. The number of hydrogen-bond donors (Lipinski definition) is 0. The molecule has 1 fully saturated rings. The predicted molar refractivity (Wildman–Crippen MR) is 120 cm³/mol. The van der Waals surface area contributed by atoms with E-state index in [9.17, 15) is 9.18 Å². The van der Waals surface area contributed by atoms with Gasteiger partial charge in [0.05, 0.1) is 23.9 Å². The minimum Gasteiger partial charge on any atom is -0.467 e. The first kappa shape index (κ1) is 20.3. The van der Waals surface area contributed by atoms with Crippen LogP contribution in [0.4, 0.5) is 4.39 Å². The van der Waals surface area contributed by atoms with Gasteiger partial charge in [0.25, 0.3) is 5.91 Å². The smallest absolute Gasteiger partial charge is 0.267 e. The van der Waals surface area contributed by atoms with Crippen molar-refractivity contribution in [2.45, 2.75) is 6.54 Å². The zero-order valence-corrected chi connectivity index (χ0v) is 17.9. The Kier molecular flexibility index (Phi) is 6.25. The van der Waals surface area contributed by atoms with E-state index >= 15 is 0 Å². The van der Waals surface area contributed by atoms with Gasteiger partial charge >= 0.3 is 0 Å². The van der Waals surface area contributed by atoms with Crippen molar-refractivity contribution in [3.8, 4) is 0 Å². The molecule has 0 spiro atoms. The van der Waals surface area contributed by atoms with Crippen LogP contribution in [0.3, 0.4) is 0 Å². The quantitative estimate of drug-likeness (QED) is 0.266. The van der Waals surface area contributed by atoms with Crippen LogP contribution in [0.25, 0.3) is 6.08 Å². The molecule has 30 heavy (non-hydrogen) atoms. The van der Waals surface area contributed by atoms with E-state index in [1.165, 1.54) is 17.0 Å². The van der Waals surface area contributed by atoms with Gasteiger partial charge in [-0.3, -0.25) is 9.69 Å². The van der Waals surface area contributed by atoms with Crippen LogP contribution in [0.15, 0.2) is 90.9 Å². The standard InChI is InChI=1S/C22H15BrFN3O2S/c23-17-9-7-15(8-10-17)13-25-26-22-27(14-18-5-3-11-29-18)21(28)20(30-22)12-16-4-1-2-6-19(16)24/h1-13H,14H2/b20-12-,25-13+,26-22-. The van der Waals surface area contributed by atoms with Gasteiger partial charge in [-0.15, -0.1) is 5.10 Å². The second-order valence-corrected chi connectivity index (χ2v) is 8.21. The molecule has 0 radical (unpaired) electrons. The number of carbonyl (C=O) groups excluding carboxylic acids is 1. The molecule has 3 aromatic rings. The molecule has 2 aromatic carbocycles. The van der Waals surface area contributed by atoms with Crippen LogP contribution >= 0.6 is 27.7 Å². The first-order valence-electron chi connectivity index (χ1n) is 8.95. The SMILES string of the molecule is O=C1/C(=C/c2ccccc2F)S/C(=N\N=C\c2ccc(Br)cc2)N1Cc1ccco1. The molecule has 0 N–H and O–H groups in total. The van der Waals surface area contributed by atoms with E-state index in [1.54, 1.807) is 42.8 Å². The summed E-state index contributed by atoms with van der Waals surface area (Å²) in [5.41, 5.74) is 1.21. The first-order chi connectivity index (χ1) is 14.6. The Hall–Kier alpha value is -2.97. The van der Waals surface area contributed by atoms with Crippen molar-refractivity contribution in [2.24, 2.45) is 10.2 Å². The highest BCUT2D eigenvalue weighted by molar-refractivity contribution is 9.10. The molecule has 0 atom stereocenters. The lowest BCUT2D eigenvalue weighted by Gasteiger charge is -2.12. The maximum atomic E-state index is 14.0. The number of amides is 1. The molecule has 1 amide bonds. The van der Waals surface area contributed by atoms with Gasteiger partial charge in [0.1, 0.15) is 11.6 Å². The van der Waals surface area contributed by atoms with Crippen molar-refractivity contribution < 1.29 is 13.6 Å². The topological polar surface area (TPSA) is 58.2 Å². The highest BCUT2D eigenvalue weighted by atomic mass is 79.9. The molecule has 2 heterocycles. The van der Waals surface area contributed by atoms with E-state index in [4.69, 9.17) is 4.42 Å². The third-order valence-electron chi connectivity index (χ3n) is 4.19. The Morgan fingerprint density at radius 3 is 2.63 bits per heavy atom. The normalized spacial score (nSPS) is 17.0. The summed E-state index contributed by atoms with van der Waals surface area (Å²) >= 11 is 4.54. The molecule has 8 heteroatoms. The number of nitrogens with zero attached hydrogens (tertiary/aromatic N) is 3. The molecular formula is C22H15BrFN3O2S. The van der Waals surface area contributed by atoms with Gasteiger partial charge in [-0.2, -0.15) is 5.10 Å². The summed E-state index contributed by atoms with van der Waals surface area (Å²) in [7, 11) is 0. The van der Waals surface area contributed by atoms with Gasteiger partial charge in [-0.25, -0.2) is 4.39 Å². The summed E-state index contributed by atoms with van der Waals surface area (Å²) in [5.74, 6) is -0.0624. The Labute approximate surface area is 185 Å². The van der Waals surface area contributed by atoms with E-state index in [0.29, 0.717) is 21.4 Å². The van der Waals surface area contributed by atoms with Gasteiger partial charge < -0.3 is 4.42 Å². The molecule has 150 valence electrons. The van der Waals surface area contributed by atoms with E-state index in [1.807, 2.05) is 24.3 Å². The van der Waals surface area contributed by atoms with Gasteiger partial charge in [0, 0.05) is 10.0 Å². The Morgan fingerprint density at radius 2 is 1.90 bits per heavy atom. The highest BCUT2D eigenvalue weighted by Gasteiger charge is 2.34. The molecule has 1 saturated heterocycles. The lowest BCUT2D eigenvalue weighted by atomic mass is 10.2. The average Bonchev–Trinajstić information content (AvgIpc) is 3.35. The lowest BCUT2D eigenvalue weighted by molar-refractivity contribution is -0.122. The Morgan fingerprint density at radius 1 is 1.10 bits per heavy atom. The fourth-order valence-electron chi connectivity index (χ4n) is 2.71. The Balaban J connectivity index is 1.63. The number of carbonyl (C=O) groups is 1. The molecule has 0 aliphatic carbocycles. The lowest BCUT2D eigenvalue weighted by Crippen LogP contribution is -2.28. The van der Waals surface area contributed by atoms with Crippen LogP contribution in [0.5, 0.6) is 0 Å². The molecule has 1 aliphatic rings. The molecular weight excluding hydrogens is 469 g/mol. The van der Waals surface area contributed by atoms with Crippen LogP contribution in [0.2, 0.25) is 0 Å². The Bertz CT molecular complexity index is 1140. The summed E-state index contributed by atoms with van der Waals surface area (Å²) in [5, 5.41) is 8.76. The summed E-state index contributed by atoms with van der Waals surface area (Å²) < 4.78 is 20.4. The van der Waals surface area contributed by atoms with Gasteiger partial charge in [0.2, 0.25) is 0 Å². The van der Waals surface area contributed by atoms with Crippen molar-refractivity contribution in [3.63, 3.8) is 0 Å². The third kappa shape index (κ3) is 4.77. The monoisotopic (exact) mass is 483 g/mol. The fraction of sp³-hybridized carbons (Fsp3) is 0.0455. The highest BCUT2D eigenvalue weighted by Crippen LogP contribution is 2.34. The maximum Gasteiger partial charge on any atom is 0.267 e. The summed E-state index contributed by atoms with van der Waals surface area (Å²) in [6.45, 7) is 0.208. The molecule has 0 saturated carbocycles. The zero-order chi connectivity index (χ0) is 20.9. The molecule has 4 rings (SSSR count). The summed E-state index contributed by atoms with van der Waals surface area (Å²) in [6, 6.07) is 17.4. The first-order valence-corrected chi connectivity index (χ1v) is 10.6. The largest absolute Gasteiger partial charge is 0.467 e. The number of amidine groups is 1. The van der Waals surface area contributed by atoms with Crippen molar-refractivity contribution in [1.29, 1.82) is 0 Å². The van der Waals surface area contributed by atoms with Crippen LogP contribution in [-0.2, 0) is 11.3 Å². The number of thioether (sulfide) groups is 1. The van der Waals surface area contributed by atoms with Crippen LogP contribution in [-0.4, -0.2) is 22.2 Å². The van der Waals surface area contributed by atoms with Crippen molar-refractivity contribution in [1.82, 2.24) is 4.90 Å². The third-order valence-corrected chi connectivity index (χ3v) is 5.72. The number of benzene rings is 2. The van der Waals surface area contributed by atoms with Crippen molar-refractivity contribution in [2.75, 3.05) is 0 Å². The molecule has 0 bridgehead atoms. The van der Waals surface area contributed by atoms with E-state index in [0.717, 1.165) is 21.8 Å². The average molecular weight is 484 g/mol. The van der Waals surface area contributed by atoms with Crippen LogP contribution < -0.4 is 0 Å². The molecule has 0 unspecified atom stereocenters. The van der Waals surface area contributed by atoms with Crippen LogP contribution in [0.1, 0.15) is 16.9 Å². The molecule has 1 aliphatic heterocycles. The second-order valence-electron chi connectivity index (χ2n) is 6.28. The van der Waals surface area contributed by atoms with E-state index < -0.39 is 5.82 Å². The fourth-order valence-corrected chi connectivity index (χ4v) is 3.90. The minimum absolute atomic E-state index is 0.208. The van der Waals surface area contributed by atoms with Gasteiger partial charge in [-0.1, -0.05) is 46.3 Å². The predicted octanol–water partition coefficient (Wildman–Crippen LogP) is 5.69. The molecule has 1 aromatic heterocycles. The van der Waals surface area contributed by atoms with E-state index in [2.05, 4.69) is 26.1 Å². The zero-order valence-electron chi connectivity index (χ0n) is 15.5. The van der Waals surface area contributed by atoms with Crippen LogP contribution in [0, 0.1) is 5.82 Å². The second kappa shape index (κ2) is 9.23. The number of furan rings is 1. The minimum atomic E-state index is -0.394. The van der Waals surface area contributed by atoms with Gasteiger partial charge in [0.15, 0.2) is 5.17 Å². The number of rotatable bonds is 5. The summed E-state index contributed by atoms with van der Waals surface area (Å²) in [4.78, 5) is 14.8. The van der Waals surface area contributed by atoms with Crippen molar-refractivity contribution >= 4 is 51.1 Å². The van der Waals surface area contributed by atoms with E-state index in [-0.39, 0.29) is 12.5 Å². The van der Waals surface area contributed by atoms with Gasteiger partial charge in [-0.05, 0) is 53.7 Å². The number of halogens is 2. The maximum absolute atomic E-state index is 14.0. The van der Waals surface area contributed by atoms with Crippen molar-refractivity contribution in [3.05, 3.63) is 99.0 Å². The number of hydrogen-bond acceptors (Lipinski definition) is 5.